The molecule has 144 valence electrons. The van der Waals surface area contributed by atoms with Gasteiger partial charge in [0.2, 0.25) is 0 Å². The highest BCUT2D eigenvalue weighted by molar-refractivity contribution is 7.90. The Morgan fingerprint density at radius 3 is 2.41 bits per heavy atom. The molecule has 2 rings (SSSR count). The van der Waals surface area contributed by atoms with Crippen molar-refractivity contribution in [2.45, 2.75) is 12.5 Å². The zero-order valence-electron chi connectivity index (χ0n) is 15.1. The summed E-state index contributed by atoms with van der Waals surface area (Å²) in [6, 6.07) is 13.0. The van der Waals surface area contributed by atoms with E-state index in [1.807, 2.05) is 30.3 Å². The van der Waals surface area contributed by atoms with E-state index in [2.05, 4.69) is 10.1 Å². The molecular formula is C19H22N2O5S. The van der Waals surface area contributed by atoms with Crippen LogP contribution in [0.1, 0.15) is 16.8 Å². The molecule has 2 aromatic rings. The number of methoxy groups -OCH3 is 1. The number of carbonyl (C=O) groups excluding carboxylic acids is 2. The molecule has 0 aliphatic carbocycles. The number of sulfone groups is 1. The summed E-state index contributed by atoms with van der Waals surface area (Å²) >= 11 is 0. The summed E-state index contributed by atoms with van der Waals surface area (Å²) in [7, 11) is -2.11. The van der Waals surface area contributed by atoms with Gasteiger partial charge in [0.05, 0.1) is 12.9 Å². The molecule has 27 heavy (non-hydrogen) atoms. The Labute approximate surface area is 158 Å². The van der Waals surface area contributed by atoms with Crippen molar-refractivity contribution >= 4 is 27.4 Å². The van der Waals surface area contributed by atoms with Crippen LogP contribution in [0.2, 0.25) is 0 Å². The van der Waals surface area contributed by atoms with Crippen molar-refractivity contribution in [1.29, 1.82) is 0 Å². The monoisotopic (exact) mass is 390 g/mol. The fourth-order valence-corrected chi connectivity index (χ4v) is 3.24. The Morgan fingerprint density at radius 1 is 1.15 bits per heavy atom. The first-order valence-electron chi connectivity index (χ1n) is 8.22. The number of ether oxygens (including phenoxy) is 1. The van der Waals surface area contributed by atoms with Gasteiger partial charge in [0.15, 0.2) is 0 Å². The third-order valence-corrected chi connectivity index (χ3v) is 4.92. The van der Waals surface area contributed by atoms with Gasteiger partial charge in [0.1, 0.15) is 15.9 Å². The fourth-order valence-electron chi connectivity index (χ4n) is 2.58. The number of nitrogens with one attached hydrogen (secondary N) is 1. The lowest BCUT2D eigenvalue weighted by Gasteiger charge is -2.18. The molecule has 1 atom stereocenters. The van der Waals surface area contributed by atoms with Crippen LogP contribution in [0.3, 0.4) is 0 Å². The van der Waals surface area contributed by atoms with Crippen molar-refractivity contribution in [2.75, 3.05) is 24.9 Å². The first-order valence-corrected chi connectivity index (χ1v) is 10.3. The van der Waals surface area contributed by atoms with E-state index in [1.165, 1.54) is 7.11 Å². The van der Waals surface area contributed by atoms with Crippen molar-refractivity contribution in [3.05, 3.63) is 54.1 Å². The normalized spacial score (nSPS) is 12.2. The molecular weight excluding hydrogens is 368 g/mol. The minimum atomic E-state index is -3.29. The summed E-state index contributed by atoms with van der Waals surface area (Å²) in [5.74, 6) is -1.47. The summed E-state index contributed by atoms with van der Waals surface area (Å²) in [5, 5.41) is 2.57. The van der Waals surface area contributed by atoms with Crippen LogP contribution in [0.15, 0.2) is 48.5 Å². The molecule has 0 fully saturated rings. The van der Waals surface area contributed by atoms with E-state index in [0.717, 1.165) is 11.8 Å². The third kappa shape index (κ3) is 5.82. The number of esters is 1. The highest BCUT2D eigenvalue weighted by atomic mass is 32.2. The van der Waals surface area contributed by atoms with Gasteiger partial charge in [-0.05, 0) is 35.7 Å². The second-order valence-electron chi connectivity index (χ2n) is 6.14. The van der Waals surface area contributed by atoms with Gasteiger partial charge in [-0.1, -0.05) is 30.3 Å². The molecule has 0 saturated carbocycles. The first-order chi connectivity index (χ1) is 12.7. The Kier molecular flexibility index (Phi) is 6.57. The maximum Gasteiger partial charge on any atom is 0.328 e. The van der Waals surface area contributed by atoms with Crippen molar-refractivity contribution in [1.82, 2.24) is 5.32 Å². The number of hydrogen-bond acceptors (Lipinski definition) is 6. The average Bonchev–Trinajstić information content (AvgIpc) is 2.64. The Hall–Kier alpha value is -2.87. The van der Waals surface area contributed by atoms with E-state index in [1.54, 1.807) is 18.2 Å². The zero-order chi connectivity index (χ0) is 20.0. The van der Waals surface area contributed by atoms with E-state index in [0.29, 0.717) is 16.8 Å². The lowest BCUT2D eigenvalue weighted by Crippen LogP contribution is -2.42. The molecule has 1 unspecified atom stereocenters. The van der Waals surface area contributed by atoms with Crippen LogP contribution in [0.4, 0.5) is 5.69 Å². The molecule has 0 radical (unpaired) electrons. The average molecular weight is 390 g/mol. The van der Waals surface area contributed by atoms with Gasteiger partial charge in [0.25, 0.3) is 5.91 Å². The Bertz CT molecular complexity index is 926. The molecule has 0 aliphatic heterocycles. The van der Waals surface area contributed by atoms with Crippen LogP contribution in [0.25, 0.3) is 11.1 Å². The Balaban J connectivity index is 2.31. The summed E-state index contributed by atoms with van der Waals surface area (Å²) in [6.07, 6.45) is 0.990. The molecule has 7 nitrogen and oxygen atoms in total. The van der Waals surface area contributed by atoms with Crippen LogP contribution in [0, 0.1) is 0 Å². The molecule has 0 spiro atoms. The fraction of sp³-hybridized carbons (Fsp3) is 0.263. The number of hydrogen-bond donors (Lipinski definition) is 2. The number of anilines is 1. The zero-order valence-corrected chi connectivity index (χ0v) is 16.0. The van der Waals surface area contributed by atoms with Gasteiger partial charge >= 0.3 is 5.97 Å². The van der Waals surface area contributed by atoms with Crippen molar-refractivity contribution in [3.8, 4) is 11.1 Å². The molecule has 1 amide bonds. The molecule has 2 aromatic carbocycles. The smallest absolute Gasteiger partial charge is 0.328 e. The number of amides is 1. The van der Waals surface area contributed by atoms with Gasteiger partial charge in [-0.3, -0.25) is 4.79 Å². The number of nitrogens with two attached hydrogens (primary N) is 1. The van der Waals surface area contributed by atoms with Gasteiger partial charge in [-0.15, -0.1) is 0 Å². The quantitative estimate of drug-likeness (QED) is 0.548. The number of carbonyl (C=O) groups is 2. The van der Waals surface area contributed by atoms with E-state index in [9.17, 15) is 18.0 Å². The maximum absolute atomic E-state index is 12.8. The van der Waals surface area contributed by atoms with Crippen molar-refractivity contribution in [3.63, 3.8) is 0 Å². The molecule has 0 bridgehead atoms. The summed E-state index contributed by atoms with van der Waals surface area (Å²) in [5.41, 5.74) is 8.08. The molecule has 0 aromatic heterocycles. The van der Waals surface area contributed by atoms with Gasteiger partial charge < -0.3 is 15.8 Å². The maximum atomic E-state index is 12.8. The van der Waals surface area contributed by atoms with Crippen LogP contribution in [-0.4, -0.2) is 45.5 Å². The topological polar surface area (TPSA) is 116 Å². The van der Waals surface area contributed by atoms with Gasteiger partial charge in [-0.2, -0.15) is 0 Å². The molecule has 0 saturated heterocycles. The Morgan fingerprint density at radius 2 is 1.81 bits per heavy atom. The molecule has 8 heteroatoms. The first kappa shape index (κ1) is 20.4. The van der Waals surface area contributed by atoms with E-state index in [4.69, 9.17) is 5.73 Å². The van der Waals surface area contributed by atoms with Crippen LogP contribution in [-0.2, 0) is 19.4 Å². The number of nitrogen functional groups attached to an aromatic ring is 1. The predicted octanol–water partition coefficient (Wildman–Crippen LogP) is 1.64. The van der Waals surface area contributed by atoms with Crippen LogP contribution < -0.4 is 11.1 Å². The molecule has 3 N–H and O–H groups in total. The largest absolute Gasteiger partial charge is 0.467 e. The minimum absolute atomic E-state index is 0.0765. The highest BCUT2D eigenvalue weighted by Gasteiger charge is 2.25. The molecule has 0 heterocycles. The van der Waals surface area contributed by atoms with E-state index in [-0.39, 0.29) is 12.2 Å². The van der Waals surface area contributed by atoms with Gasteiger partial charge in [-0.25, -0.2) is 13.2 Å². The SMILES string of the molecule is COC(=O)C(CCS(C)(=O)=O)NC(=O)c1ccc(N)cc1-c1ccccc1. The van der Waals surface area contributed by atoms with Gasteiger partial charge in [0, 0.05) is 17.5 Å². The lowest BCUT2D eigenvalue weighted by molar-refractivity contribution is -0.142. The number of rotatable bonds is 7. The van der Waals surface area contributed by atoms with E-state index < -0.39 is 27.8 Å². The minimum Gasteiger partial charge on any atom is -0.467 e. The lowest BCUT2D eigenvalue weighted by atomic mass is 9.98. The molecule has 0 aliphatic rings. The van der Waals surface area contributed by atoms with Crippen LogP contribution >= 0.6 is 0 Å². The van der Waals surface area contributed by atoms with Crippen molar-refractivity contribution < 1.29 is 22.7 Å². The highest BCUT2D eigenvalue weighted by Crippen LogP contribution is 2.26. The predicted molar refractivity (Wildman–Crippen MR) is 104 cm³/mol. The second kappa shape index (κ2) is 8.68. The third-order valence-electron chi connectivity index (χ3n) is 3.94. The van der Waals surface area contributed by atoms with Crippen molar-refractivity contribution in [2.24, 2.45) is 0 Å². The standard InChI is InChI=1S/C19H22N2O5S/c1-26-19(23)17(10-11-27(2,24)25)21-18(22)15-9-8-14(20)12-16(15)13-6-4-3-5-7-13/h3-9,12,17H,10-11,20H2,1-2H3,(H,21,22). The second-order valence-corrected chi connectivity index (χ2v) is 8.40. The van der Waals surface area contributed by atoms with Crippen LogP contribution in [0.5, 0.6) is 0 Å². The number of benzene rings is 2. The summed E-state index contributed by atoms with van der Waals surface area (Å²) < 4.78 is 27.5. The van der Waals surface area contributed by atoms with E-state index >= 15 is 0 Å². The summed E-state index contributed by atoms with van der Waals surface area (Å²) in [6.45, 7) is 0. The summed E-state index contributed by atoms with van der Waals surface area (Å²) in [4.78, 5) is 24.7.